The summed E-state index contributed by atoms with van der Waals surface area (Å²) >= 11 is 0. The fourth-order valence-corrected chi connectivity index (χ4v) is 4.77. The molecule has 1 saturated heterocycles. The zero-order valence-electron chi connectivity index (χ0n) is 20.7. The predicted molar refractivity (Wildman–Crippen MR) is 144 cm³/mol. The van der Waals surface area contributed by atoms with Gasteiger partial charge in [0.25, 0.3) is 5.56 Å². The monoisotopic (exact) mass is 468 g/mol. The van der Waals surface area contributed by atoms with Crippen LogP contribution in [-0.2, 0) is 6.54 Å². The van der Waals surface area contributed by atoms with E-state index in [1.807, 2.05) is 50.2 Å². The van der Waals surface area contributed by atoms with Crippen molar-refractivity contribution in [2.24, 2.45) is 0 Å². The van der Waals surface area contributed by atoms with E-state index < -0.39 is 0 Å². The van der Waals surface area contributed by atoms with Crippen LogP contribution in [0.1, 0.15) is 19.5 Å². The molecule has 5 rings (SSSR count). The van der Waals surface area contributed by atoms with Gasteiger partial charge < -0.3 is 15.1 Å². The minimum absolute atomic E-state index is 0.0391. The minimum atomic E-state index is -0.0391. The number of rotatable bonds is 6. The van der Waals surface area contributed by atoms with Gasteiger partial charge >= 0.3 is 0 Å². The van der Waals surface area contributed by atoms with E-state index in [4.69, 9.17) is 9.97 Å². The van der Waals surface area contributed by atoms with E-state index in [1.54, 1.807) is 4.57 Å². The molecular formula is C28H32N6O. The molecule has 35 heavy (non-hydrogen) atoms. The second-order valence-electron chi connectivity index (χ2n) is 8.94. The number of nitrogens with zero attached hydrogens (tertiary/aromatic N) is 5. The maximum absolute atomic E-state index is 13.3. The maximum Gasteiger partial charge on any atom is 0.260 e. The van der Waals surface area contributed by atoms with Crippen LogP contribution in [0.2, 0.25) is 0 Å². The van der Waals surface area contributed by atoms with Crippen LogP contribution in [0.4, 0.5) is 17.3 Å². The Hall–Kier alpha value is -3.71. The summed E-state index contributed by atoms with van der Waals surface area (Å²) in [6.07, 6.45) is 0. The van der Waals surface area contributed by atoms with E-state index >= 15 is 0 Å². The van der Waals surface area contributed by atoms with Crippen molar-refractivity contribution < 1.29 is 0 Å². The van der Waals surface area contributed by atoms with Gasteiger partial charge in [0.15, 0.2) is 0 Å². The average molecular weight is 469 g/mol. The highest BCUT2D eigenvalue weighted by molar-refractivity contribution is 5.84. The lowest BCUT2D eigenvalue weighted by Gasteiger charge is -2.35. The Morgan fingerprint density at radius 2 is 1.60 bits per heavy atom. The van der Waals surface area contributed by atoms with E-state index in [2.05, 4.69) is 46.3 Å². The van der Waals surface area contributed by atoms with Crippen LogP contribution in [0, 0.1) is 6.92 Å². The molecule has 180 valence electrons. The van der Waals surface area contributed by atoms with Gasteiger partial charge in [-0.05, 0) is 56.3 Å². The number of likely N-dealkylation sites (N-methyl/N-ethyl adjacent to an activating group) is 1. The van der Waals surface area contributed by atoms with Gasteiger partial charge in [-0.15, -0.1) is 0 Å². The van der Waals surface area contributed by atoms with Gasteiger partial charge in [0.1, 0.15) is 5.65 Å². The largest absolute Gasteiger partial charge is 0.369 e. The summed E-state index contributed by atoms with van der Waals surface area (Å²) in [5.41, 5.74) is 5.17. The Morgan fingerprint density at radius 3 is 2.26 bits per heavy atom. The molecule has 0 spiro atoms. The van der Waals surface area contributed by atoms with E-state index in [0.717, 1.165) is 55.1 Å². The van der Waals surface area contributed by atoms with Gasteiger partial charge in [-0.3, -0.25) is 9.36 Å². The first-order valence-corrected chi connectivity index (χ1v) is 12.4. The van der Waals surface area contributed by atoms with Gasteiger partial charge in [-0.25, -0.2) is 4.98 Å². The van der Waals surface area contributed by atoms with E-state index in [0.29, 0.717) is 23.7 Å². The van der Waals surface area contributed by atoms with Crippen LogP contribution in [0.25, 0.3) is 22.2 Å². The average Bonchev–Trinajstić information content (AvgIpc) is 2.89. The van der Waals surface area contributed by atoms with Crippen LogP contribution in [0.5, 0.6) is 0 Å². The Morgan fingerprint density at radius 1 is 0.886 bits per heavy atom. The second-order valence-corrected chi connectivity index (χ2v) is 8.94. The third kappa shape index (κ3) is 4.64. The Labute approximate surface area is 206 Å². The van der Waals surface area contributed by atoms with Crippen LogP contribution < -0.4 is 15.8 Å². The molecule has 0 saturated carbocycles. The molecule has 0 unspecified atom stereocenters. The van der Waals surface area contributed by atoms with E-state index in [1.165, 1.54) is 5.69 Å². The molecule has 2 aromatic heterocycles. The molecule has 0 atom stereocenters. The highest BCUT2D eigenvalue weighted by Gasteiger charge is 2.17. The number of benzene rings is 2. The quantitative estimate of drug-likeness (QED) is 0.444. The summed E-state index contributed by atoms with van der Waals surface area (Å²) in [6, 6.07) is 20.1. The molecule has 4 aromatic rings. The van der Waals surface area contributed by atoms with Crippen molar-refractivity contribution in [3.05, 3.63) is 76.7 Å². The standard InChI is InChI=1S/C28H32N6O/c1-4-32-15-17-33(18-16-32)23-13-11-22(12-14-23)30-28-29-20(3)24-19-25(21-9-7-6-8-10-21)27(35)34(5-2)26(24)31-28/h6-14,19H,4-5,15-18H2,1-3H3,(H,29,30,31). The number of anilines is 3. The molecular weight excluding hydrogens is 436 g/mol. The molecule has 1 aliphatic heterocycles. The molecule has 0 aliphatic carbocycles. The first-order valence-electron chi connectivity index (χ1n) is 12.4. The molecule has 1 fully saturated rings. The number of pyridine rings is 1. The molecule has 0 radical (unpaired) electrons. The number of piperazine rings is 1. The fourth-order valence-electron chi connectivity index (χ4n) is 4.77. The molecule has 7 heteroatoms. The number of hydrogen-bond acceptors (Lipinski definition) is 6. The minimum Gasteiger partial charge on any atom is -0.369 e. The summed E-state index contributed by atoms with van der Waals surface area (Å²) in [5.74, 6) is 0.494. The highest BCUT2D eigenvalue weighted by Crippen LogP contribution is 2.25. The Balaban J connectivity index is 1.43. The summed E-state index contributed by atoms with van der Waals surface area (Å²) in [5, 5.41) is 4.22. The number of nitrogens with one attached hydrogen (secondary N) is 1. The lowest BCUT2D eigenvalue weighted by atomic mass is 10.1. The van der Waals surface area contributed by atoms with Gasteiger partial charge in [0, 0.05) is 55.0 Å². The third-order valence-corrected chi connectivity index (χ3v) is 6.85. The molecule has 2 aromatic carbocycles. The second kappa shape index (κ2) is 9.88. The van der Waals surface area contributed by atoms with E-state index in [-0.39, 0.29) is 5.56 Å². The number of aryl methyl sites for hydroxylation is 2. The summed E-state index contributed by atoms with van der Waals surface area (Å²) < 4.78 is 1.73. The van der Waals surface area contributed by atoms with Crippen LogP contribution in [-0.4, -0.2) is 52.2 Å². The first kappa shape index (κ1) is 23.1. The van der Waals surface area contributed by atoms with Crippen molar-refractivity contribution in [2.75, 3.05) is 42.9 Å². The summed E-state index contributed by atoms with van der Waals surface area (Å²) in [7, 11) is 0. The Bertz CT molecular complexity index is 1370. The summed E-state index contributed by atoms with van der Waals surface area (Å²) in [6.45, 7) is 12.1. The van der Waals surface area contributed by atoms with Gasteiger partial charge in [-0.2, -0.15) is 4.98 Å². The normalized spacial score (nSPS) is 14.4. The fraction of sp³-hybridized carbons (Fsp3) is 0.321. The van der Waals surface area contributed by atoms with Crippen molar-refractivity contribution in [3.63, 3.8) is 0 Å². The molecule has 0 amide bonds. The molecule has 7 nitrogen and oxygen atoms in total. The van der Waals surface area contributed by atoms with Crippen LogP contribution >= 0.6 is 0 Å². The number of fused-ring (bicyclic) bond motifs is 1. The van der Waals surface area contributed by atoms with Crippen molar-refractivity contribution >= 4 is 28.4 Å². The first-order chi connectivity index (χ1) is 17.1. The van der Waals surface area contributed by atoms with Crippen LogP contribution in [0.3, 0.4) is 0 Å². The third-order valence-electron chi connectivity index (χ3n) is 6.85. The summed E-state index contributed by atoms with van der Waals surface area (Å²) in [4.78, 5) is 27.7. The smallest absolute Gasteiger partial charge is 0.260 e. The predicted octanol–water partition coefficient (Wildman–Crippen LogP) is 4.67. The molecule has 0 bridgehead atoms. The van der Waals surface area contributed by atoms with Gasteiger partial charge in [0.2, 0.25) is 5.95 Å². The lowest BCUT2D eigenvalue weighted by Crippen LogP contribution is -2.46. The van der Waals surface area contributed by atoms with Crippen LogP contribution in [0.15, 0.2) is 65.5 Å². The maximum atomic E-state index is 13.3. The SMILES string of the molecule is CCN1CCN(c2ccc(Nc3nc(C)c4cc(-c5ccccc5)c(=O)n(CC)c4n3)cc2)CC1. The highest BCUT2D eigenvalue weighted by atomic mass is 16.1. The van der Waals surface area contributed by atoms with Crippen molar-refractivity contribution in [2.45, 2.75) is 27.3 Å². The van der Waals surface area contributed by atoms with Crippen molar-refractivity contribution in [1.29, 1.82) is 0 Å². The van der Waals surface area contributed by atoms with Crippen molar-refractivity contribution in [3.8, 4) is 11.1 Å². The number of aromatic nitrogens is 3. The molecule has 1 aliphatic rings. The Kier molecular flexibility index (Phi) is 6.51. The van der Waals surface area contributed by atoms with E-state index in [9.17, 15) is 4.79 Å². The molecule has 3 heterocycles. The van der Waals surface area contributed by atoms with Gasteiger partial charge in [-0.1, -0.05) is 37.3 Å². The lowest BCUT2D eigenvalue weighted by molar-refractivity contribution is 0.271. The van der Waals surface area contributed by atoms with Crippen molar-refractivity contribution in [1.82, 2.24) is 19.4 Å². The zero-order chi connectivity index (χ0) is 24.4. The zero-order valence-corrected chi connectivity index (χ0v) is 20.7. The topological polar surface area (TPSA) is 66.3 Å². The molecule has 1 N–H and O–H groups in total. The number of hydrogen-bond donors (Lipinski definition) is 1. The van der Waals surface area contributed by atoms with Gasteiger partial charge in [0.05, 0.1) is 5.69 Å².